The molecular formula is C34H26FN3O2S2. The molecule has 8 heteroatoms. The maximum atomic E-state index is 14.0. The van der Waals surface area contributed by atoms with Crippen LogP contribution < -0.4 is 4.74 Å². The molecule has 0 N–H and O–H groups in total. The second kappa shape index (κ2) is 12.1. The van der Waals surface area contributed by atoms with E-state index >= 15 is 0 Å². The minimum Gasteiger partial charge on any atom is -0.489 e. The Hall–Kier alpha value is -4.53. The van der Waals surface area contributed by atoms with Crippen molar-refractivity contribution in [2.45, 2.75) is 19.6 Å². The van der Waals surface area contributed by atoms with Crippen LogP contribution in [-0.4, -0.2) is 24.9 Å². The summed E-state index contributed by atoms with van der Waals surface area (Å²) in [6, 6.07) is 33.5. The van der Waals surface area contributed by atoms with Gasteiger partial charge in [-0.15, -0.1) is 0 Å². The number of nitrogens with zero attached hydrogens (tertiary/aromatic N) is 3. The predicted octanol–water partition coefficient (Wildman–Crippen LogP) is 8.22. The van der Waals surface area contributed by atoms with E-state index in [4.69, 9.17) is 22.1 Å². The maximum absolute atomic E-state index is 14.0. The first-order valence-corrected chi connectivity index (χ1v) is 14.6. The Labute approximate surface area is 253 Å². The molecular weight excluding hydrogens is 566 g/mol. The van der Waals surface area contributed by atoms with E-state index in [1.54, 1.807) is 27.8 Å². The third-order valence-corrected chi connectivity index (χ3v) is 8.35. The molecule has 4 aromatic carbocycles. The summed E-state index contributed by atoms with van der Waals surface area (Å²) in [6.07, 6.45) is 3.78. The molecule has 5 nitrogen and oxygen atoms in total. The van der Waals surface area contributed by atoms with E-state index in [0.29, 0.717) is 26.2 Å². The number of halogens is 1. The fourth-order valence-corrected chi connectivity index (χ4v) is 6.16. The van der Waals surface area contributed by atoms with Crippen molar-refractivity contribution in [1.29, 1.82) is 0 Å². The summed E-state index contributed by atoms with van der Waals surface area (Å²) in [4.78, 5) is 15.8. The summed E-state index contributed by atoms with van der Waals surface area (Å²) in [7, 11) is 0. The van der Waals surface area contributed by atoms with Gasteiger partial charge in [0.25, 0.3) is 5.91 Å². The summed E-state index contributed by atoms with van der Waals surface area (Å²) in [5.74, 6) is 0.187. The van der Waals surface area contributed by atoms with Crippen LogP contribution in [0.5, 0.6) is 5.75 Å². The number of hydrogen-bond acceptors (Lipinski definition) is 5. The molecule has 1 fully saturated rings. The van der Waals surface area contributed by atoms with Crippen molar-refractivity contribution in [3.8, 4) is 22.7 Å². The van der Waals surface area contributed by atoms with E-state index in [9.17, 15) is 9.18 Å². The largest absolute Gasteiger partial charge is 0.489 e. The molecule has 42 heavy (non-hydrogen) atoms. The highest BCUT2D eigenvalue weighted by Gasteiger charge is 2.36. The SMILES string of the molecule is CC(c1ccccc1)N1C(=O)C(=Cc2cn(-c3ccccc3)nc2-c2ccc(OCc3ccccc3F)cc2)SC1=S. The molecule has 1 aliphatic rings. The van der Waals surface area contributed by atoms with E-state index in [2.05, 4.69) is 0 Å². The first-order chi connectivity index (χ1) is 20.5. The van der Waals surface area contributed by atoms with Crippen LogP contribution in [0.1, 0.15) is 29.7 Å². The van der Waals surface area contributed by atoms with Gasteiger partial charge in [-0.25, -0.2) is 9.07 Å². The van der Waals surface area contributed by atoms with Crippen LogP contribution in [-0.2, 0) is 11.4 Å². The Balaban J connectivity index is 1.31. The highest BCUT2D eigenvalue weighted by atomic mass is 32.2. The molecule has 0 spiro atoms. The number of thiocarbonyl (C=S) groups is 1. The lowest BCUT2D eigenvalue weighted by Gasteiger charge is -2.23. The van der Waals surface area contributed by atoms with Crippen LogP contribution >= 0.6 is 24.0 Å². The van der Waals surface area contributed by atoms with Gasteiger partial charge in [0, 0.05) is 22.9 Å². The van der Waals surface area contributed by atoms with Gasteiger partial charge in [-0.2, -0.15) is 5.10 Å². The van der Waals surface area contributed by atoms with Gasteiger partial charge in [-0.05, 0) is 61.0 Å². The summed E-state index contributed by atoms with van der Waals surface area (Å²) >= 11 is 6.94. The minimum atomic E-state index is -0.297. The summed E-state index contributed by atoms with van der Waals surface area (Å²) in [5.41, 5.74) is 4.75. The van der Waals surface area contributed by atoms with E-state index in [1.165, 1.54) is 17.8 Å². The Bertz CT molecular complexity index is 1770. The van der Waals surface area contributed by atoms with Gasteiger partial charge in [0.05, 0.1) is 22.3 Å². The quantitative estimate of drug-likeness (QED) is 0.134. The fourth-order valence-electron chi connectivity index (χ4n) is 4.75. The smallest absolute Gasteiger partial charge is 0.266 e. The van der Waals surface area contributed by atoms with Gasteiger partial charge in [-0.3, -0.25) is 9.69 Å². The molecule has 1 saturated heterocycles. The molecule has 5 aromatic rings. The van der Waals surface area contributed by atoms with Crippen LogP contribution in [0.25, 0.3) is 23.0 Å². The van der Waals surface area contributed by atoms with Crippen molar-refractivity contribution >= 4 is 40.3 Å². The number of carbonyl (C=O) groups excluding carboxylic acids is 1. The normalized spacial score (nSPS) is 14.9. The predicted molar refractivity (Wildman–Crippen MR) is 170 cm³/mol. The fraction of sp³-hybridized carbons (Fsp3) is 0.0882. The van der Waals surface area contributed by atoms with E-state index in [1.807, 2.05) is 104 Å². The van der Waals surface area contributed by atoms with Crippen LogP contribution in [0, 0.1) is 5.82 Å². The topological polar surface area (TPSA) is 47.4 Å². The zero-order valence-corrected chi connectivity index (χ0v) is 24.3. The molecule has 0 saturated carbocycles. The van der Waals surface area contributed by atoms with Gasteiger partial charge in [0.1, 0.15) is 22.5 Å². The van der Waals surface area contributed by atoms with Gasteiger partial charge in [0.2, 0.25) is 0 Å². The van der Waals surface area contributed by atoms with Crippen molar-refractivity contribution in [3.63, 3.8) is 0 Å². The second-order valence-electron chi connectivity index (χ2n) is 9.76. The summed E-state index contributed by atoms with van der Waals surface area (Å²) < 4.78 is 22.2. The molecule has 1 aliphatic heterocycles. The second-order valence-corrected chi connectivity index (χ2v) is 11.4. The van der Waals surface area contributed by atoms with Crippen molar-refractivity contribution in [2.24, 2.45) is 0 Å². The van der Waals surface area contributed by atoms with Gasteiger partial charge in [-0.1, -0.05) is 90.7 Å². The number of carbonyl (C=O) groups is 1. The number of ether oxygens (including phenoxy) is 1. The first kappa shape index (κ1) is 27.6. The lowest BCUT2D eigenvalue weighted by molar-refractivity contribution is -0.123. The summed E-state index contributed by atoms with van der Waals surface area (Å²) in [5, 5.41) is 4.89. The minimum absolute atomic E-state index is 0.128. The lowest BCUT2D eigenvalue weighted by atomic mass is 10.1. The average Bonchev–Trinajstić information content (AvgIpc) is 3.57. The number of hydrogen-bond donors (Lipinski definition) is 0. The van der Waals surface area contributed by atoms with Crippen LogP contribution in [0.15, 0.2) is 120 Å². The third-order valence-electron chi connectivity index (χ3n) is 7.02. The number of aromatic nitrogens is 2. The van der Waals surface area contributed by atoms with E-state index in [-0.39, 0.29) is 24.4 Å². The van der Waals surface area contributed by atoms with Crippen LogP contribution in [0.2, 0.25) is 0 Å². The number of amides is 1. The molecule has 0 radical (unpaired) electrons. The zero-order valence-electron chi connectivity index (χ0n) is 22.7. The molecule has 208 valence electrons. The van der Waals surface area contributed by atoms with Gasteiger partial charge in [0.15, 0.2) is 0 Å². The third kappa shape index (κ3) is 5.77. The Morgan fingerprint density at radius 1 is 0.929 bits per heavy atom. The number of para-hydroxylation sites is 1. The molecule has 0 bridgehead atoms. The standard InChI is InChI=1S/C34H26FN3O2S2/c1-23(24-10-4-2-5-11-24)38-33(39)31(42-34(38)41)20-27-21-37(28-13-6-3-7-14-28)36-32(27)25-16-18-29(19-17-25)40-22-26-12-8-9-15-30(26)35/h2-21,23H,22H2,1H3. The van der Waals surface area contributed by atoms with Crippen LogP contribution in [0.3, 0.4) is 0 Å². The lowest BCUT2D eigenvalue weighted by Crippen LogP contribution is -2.30. The monoisotopic (exact) mass is 591 g/mol. The Morgan fingerprint density at radius 3 is 2.31 bits per heavy atom. The molecule has 1 aromatic heterocycles. The Kier molecular flexibility index (Phi) is 7.99. The van der Waals surface area contributed by atoms with Crippen molar-refractivity contribution in [1.82, 2.24) is 14.7 Å². The summed E-state index contributed by atoms with van der Waals surface area (Å²) in [6.45, 7) is 2.11. The average molecular weight is 592 g/mol. The zero-order chi connectivity index (χ0) is 29.1. The van der Waals surface area contributed by atoms with Crippen molar-refractivity contribution in [2.75, 3.05) is 0 Å². The van der Waals surface area contributed by atoms with Crippen molar-refractivity contribution < 1.29 is 13.9 Å². The molecule has 0 aliphatic carbocycles. The maximum Gasteiger partial charge on any atom is 0.266 e. The highest BCUT2D eigenvalue weighted by Crippen LogP contribution is 2.39. The van der Waals surface area contributed by atoms with E-state index < -0.39 is 0 Å². The van der Waals surface area contributed by atoms with Crippen LogP contribution in [0.4, 0.5) is 4.39 Å². The van der Waals surface area contributed by atoms with Gasteiger partial charge < -0.3 is 4.74 Å². The molecule has 1 amide bonds. The number of benzene rings is 4. The molecule has 1 unspecified atom stereocenters. The van der Waals surface area contributed by atoms with Gasteiger partial charge >= 0.3 is 0 Å². The van der Waals surface area contributed by atoms with Crippen molar-refractivity contribution in [3.05, 3.63) is 143 Å². The number of thioether (sulfide) groups is 1. The number of rotatable bonds is 8. The highest BCUT2D eigenvalue weighted by molar-refractivity contribution is 8.26. The van der Waals surface area contributed by atoms with E-state index in [0.717, 1.165) is 22.4 Å². The Morgan fingerprint density at radius 2 is 1.60 bits per heavy atom. The molecule has 2 heterocycles. The molecule has 1 atom stereocenters. The first-order valence-electron chi connectivity index (χ1n) is 13.4. The molecule has 6 rings (SSSR count).